The molecule has 3 heterocycles. The van der Waals surface area contributed by atoms with Crippen molar-refractivity contribution in [2.45, 2.75) is 19.1 Å². The summed E-state index contributed by atoms with van der Waals surface area (Å²) >= 11 is 0. The molecule has 1 aromatic carbocycles. The van der Waals surface area contributed by atoms with Crippen molar-refractivity contribution in [1.82, 2.24) is 19.5 Å². The molecule has 0 bridgehead atoms. The summed E-state index contributed by atoms with van der Waals surface area (Å²) in [4.78, 5) is 22.5. The molecule has 4 rings (SSSR count). The van der Waals surface area contributed by atoms with Gasteiger partial charge in [0.25, 0.3) is 0 Å². The van der Waals surface area contributed by atoms with Crippen LogP contribution >= 0.6 is 0 Å². The zero-order valence-electron chi connectivity index (χ0n) is 14.2. The lowest BCUT2D eigenvalue weighted by Crippen LogP contribution is -2.38. The lowest BCUT2D eigenvalue weighted by molar-refractivity contribution is -0.389. The maximum absolute atomic E-state index is 13.0. The van der Waals surface area contributed by atoms with Gasteiger partial charge in [-0.05, 0) is 36.1 Å². The summed E-state index contributed by atoms with van der Waals surface area (Å²) in [6.07, 6.45) is 4.34. The van der Waals surface area contributed by atoms with Crippen LogP contribution in [0.3, 0.4) is 0 Å². The third-order valence-corrected chi connectivity index (χ3v) is 4.05. The number of hydrogen-bond acceptors (Lipinski definition) is 7. The molecule has 0 saturated carbocycles. The molecule has 0 radical (unpaired) electrons. The number of rotatable bonds is 5. The van der Waals surface area contributed by atoms with Crippen molar-refractivity contribution in [3.8, 4) is 23.1 Å². The number of imidazole rings is 1. The third kappa shape index (κ3) is 3.41. The minimum Gasteiger partial charge on any atom is -0.472 e. The molecule has 0 amide bonds. The maximum atomic E-state index is 13.0. The highest BCUT2D eigenvalue weighted by atomic mass is 19.1. The van der Waals surface area contributed by atoms with Crippen molar-refractivity contribution in [2.75, 3.05) is 6.61 Å². The van der Waals surface area contributed by atoms with Crippen LogP contribution in [0.2, 0.25) is 0 Å². The molecule has 0 saturated heterocycles. The smallest absolute Gasteiger partial charge is 0.415 e. The number of nitrogens with zero attached hydrogens (tertiary/aromatic N) is 5. The van der Waals surface area contributed by atoms with Crippen molar-refractivity contribution >= 4 is 5.82 Å². The van der Waals surface area contributed by atoms with Gasteiger partial charge in [0.05, 0.1) is 24.6 Å². The summed E-state index contributed by atoms with van der Waals surface area (Å²) in [5.41, 5.74) is 0.612. The predicted molar refractivity (Wildman–Crippen MR) is 90.8 cm³/mol. The Morgan fingerprint density at radius 2 is 2.11 bits per heavy atom. The molecule has 2 aromatic heterocycles. The Morgan fingerprint density at radius 3 is 2.74 bits per heavy atom. The molecule has 0 N–H and O–H groups in total. The molecule has 1 atom stereocenters. The second-order valence-electron chi connectivity index (χ2n) is 6.35. The SMILES string of the molecule is CC1(COc2cnc(-c3ccc(F)cc3)cn2)Cn2cc([N+](=O)[O-])nc2O1. The van der Waals surface area contributed by atoms with Crippen molar-refractivity contribution in [3.05, 3.63) is 58.8 Å². The van der Waals surface area contributed by atoms with E-state index in [2.05, 4.69) is 15.0 Å². The number of aromatic nitrogens is 4. The molecule has 0 spiro atoms. The fraction of sp³-hybridized carbons (Fsp3) is 0.235. The first-order valence-corrected chi connectivity index (χ1v) is 8.03. The van der Waals surface area contributed by atoms with Crippen molar-refractivity contribution < 1.29 is 18.8 Å². The van der Waals surface area contributed by atoms with E-state index in [4.69, 9.17) is 9.47 Å². The summed E-state index contributed by atoms with van der Waals surface area (Å²) in [6, 6.07) is 6.13. The van der Waals surface area contributed by atoms with E-state index in [-0.39, 0.29) is 24.3 Å². The zero-order valence-corrected chi connectivity index (χ0v) is 14.2. The summed E-state index contributed by atoms with van der Waals surface area (Å²) < 4.78 is 25.9. The van der Waals surface area contributed by atoms with E-state index in [1.54, 1.807) is 16.7 Å². The standard InChI is InChI=1S/C17H14FN5O4/c1-17(9-22-8-14(23(24)25)21-16(22)27-17)10-26-15-7-19-13(6-20-15)11-2-4-12(18)5-3-11/h2-8H,9-10H2,1H3. The van der Waals surface area contributed by atoms with E-state index < -0.39 is 10.5 Å². The molecule has 1 unspecified atom stereocenters. The van der Waals surface area contributed by atoms with E-state index in [9.17, 15) is 14.5 Å². The number of fused-ring (bicyclic) bond motifs is 1. The van der Waals surface area contributed by atoms with Gasteiger partial charge in [-0.25, -0.2) is 14.4 Å². The Kier molecular flexibility index (Phi) is 3.94. The zero-order chi connectivity index (χ0) is 19.0. The van der Waals surface area contributed by atoms with Crippen molar-refractivity contribution in [3.63, 3.8) is 0 Å². The lowest BCUT2D eigenvalue weighted by atomic mass is 10.1. The fourth-order valence-electron chi connectivity index (χ4n) is 2.74. The summed E-state index contributed by atoms with van der Waals surface area (Å²) in [5, 5.41) is 10.7. The number of halogens is 1. The van der Waals surface area contributed by atoms with E-state index in [1.807, 2.05) is 6.92 Å². The van der Waals surface area contributed by atoms with Crippen LogP contribution in [0.1, 0.15) is 6.92 Å². The summed E-state index contributed by atoms with van der Waals surface area (Å²) in [7, 11) is 0. The van der Waals surface area contributed by atoms with Crippen LogP contribution in [0.5, 0.6) is 11.9 Å². The second-order valence-corrected chi connectivity index (χ2v) is 6.35. The van der Waals surface area contributed by atoms with Crippen LogP contribution in [0.25, 0.3) is 11.3 Å². The van der Waals surface area contributed by atoms with Crippen LogP contribution in [0.4, 0.5) is 10.2 Å². The van der Waals surface area contributed by atoms with Gasteiger partial charge in [-0.15, -0.1) is 0 Å². The number of benzene rings is 1. The van der Waals surface area contributed by atoms with Crippen molar-refractivity contribution in [1.29, 1.82) is 0 Å². The van der Waals surface area contributed by atoms with Crippen LogP contribution < -0.4 is 9.47 Å². The molecular formula is C17H14FN5O4. The van der Waals surface area contributed by atoms with E-state index in [0.717, 1.165) is 5.56 Å². The topological polar surface area (TPSA) is 105 Å². The van der Waals surface area contributed by atoms with Crippen LogP contribution in [0.15, 0.2) is 42.9 Å². The molecule has 27 heavy (non-hydrogen) atoms. The van der Waals surface area contributed by atoms with Gasteiger partial charge < -0.3 is 19.6 Å². The van der Waals surface area contributed by atoms with Gasteiger partial charge >= 0.3 is 11.8 Å². The van der Waals surface area contributed by atoms with Gasteiger partial charge in [0.15, 0.2) is 5.60 Å². The van der Waals surface area contributed by atoms with E-state index >= 15 is 0 Å². The molecule has 1 aliphatic rings. The molecule has 10 heteroatoms. The van der Waals surface area contributed by atoms with Gasteiger partial charge in [-0.2, -0.15) is 0 Å². The molecule has 3 aromatic rings. The highest BCUT2D eigenvalue weighted by molar-refractivity contribution is 5.57. The van der Waals surface area contributed by atoms with Crippen LogP contribution in [-0.2, 0) is 6.54 Å². The third-order valence-electron chi connectivity index (χ3n) is 4.05. The van der Waals surface area contributed by atoms with Gasteiger partial charge in [-0.1, -0.05) is 0 Å². The number of nitro groups is 1. The van der Waals surface area contributed by atoms with Gasteiger partial charge in [0, 0.05) is 10.5 Å². The van der Waals surface area contributed by atoms with Crippen molar-refractivity contribution in [2.24, 2.45) is 0 Å². The summed E-state index contributed by atoms with van der Waals surface area (Å²) in [5.74, 6) is -0.266. The van der Waals surface area contributed by atoms with Gasteiger partial charge in [-0.3, -0.25) is 4.57 Å². The Morgan fingerprint density at radius 1 is 1.33 bits per heavy atom. The second kappa shape index (κ2) is 6.31. The van der Waals surface area contributed by atoms with Gasteiger partial charge in [0.1, 0.15) is 18.6 Å². The first-order valence-electron chi connectivity index (χ1n) is 8.03. The molecule has 1 aliphatic heterocycles. The summed E-state index contributed by atoms with van der Waals surface area (Å²) in [6.45, 7) is 2.34. The molecule has 0 aliphatic carbocycles. The predicted octanol–water partition coefficient (Wildman–Crippen LogP) is 2.62. The highest BCUT2D eigenvalue weighted by Gasteiger charge is 2.41. The first kappa shape index (κ1) is 16.9. The molecule has 0 fully saturated rings. The normalized spacial score (nSPS) is 18.0. The molecular weight excluding hydrogens is 357 g/mol. The first-order chi connectivity index (χ1) is 12.9. The molecule has 138 valence electrons. The number of hydrogen-bond donors (Lipinski definition) is 0. The van der Waals surface area contributed by atoms with Crippen LogP contribution in [-0.4, -0.2) is 36.7 Å². The van der Waals surface area contributed by atoms with E-state index in [0.29, 0.717) is 18.1 Å². The average molecular weight is 371 g/mol. The number of ether oxygens (including phenoxy) is 2. The Bertz CT molecular complexity index is 964. The highest BCUT2D eigenvalue weighted by Crippen LogP contribution is 2.31. The lowest BCUT2D eigenvalue weighted by Gasteiger charge is -2.21. The van der Waals surface area contributed by atoms with Crippen LogP contribution in [0, 0.1) is 15.9 Å². The quantitative estimate of drug-likeness (QED) is 0.501. The minimum absolute atomic E-state index is 0.161. The average Bonchev–Trinajstić information content (AvgIpc) is 3.17. The largest absolute Gasteiger partial charge is 0.472 e. The Balaban J connectivity index is 1.39. The van der Waals surface area contributed by atoms with E-state index in [1.165, 1.54) is 30.7 Å². The Hall–Kier alpha value is -3.56. The maximum Gasteiger partial charge on any atom is 0.415 e. The monoisotopic (exact) mass is 371 g/mol. The molecule has 9 nitrogen and oxygen atoms in total. The Labute approximate surface area is 152 Å². The minimum atomic E-state index is -0.727. The fourth-order valence-corrected chi connectivity index (χ4v) is 2.74. The van der Waals surface area contributed by atoms with Gasteiger partial charge in [0.2, 0.25) is 5.88 Å².